The molecule has 0 radical (unpaired) electrons. The number of nitrogens with one attached hydrogen (secondary N) is 1. The molecule has 0 fully saturated rings. The lowest BCUT2D eigenvalue weighted by molar-refractivity contribution is -0.119. The number of benzene rings is 2. The van der Waals surface area contributed by atoms with Crippen LogP contribution in [0.15, 0.2) is 47.4 Å². The summed E-state index contributed by atoms with van der Waals surface area (Å²) in [5.41, 5.74) is 1.10. The van der Waals surface area contributed by atoms with Crippen LogP contribution in [0.4, 0.5) is 11.4 Å². The van der Waals surface area contributed by atoms with E-state index in [-0.39, 0.29) is 35.5 Å². The van der Waals surface area contributed by atoms with Crippen LogP contribution in [0.25, 0.3) is 0 Å². The third-order valence-corrected chi connectivity index (χ3v) is 6.24. The van der Waals surface area contributed by atoms with Crippen LogP contribution in [-0.4, -0.2) is 46.2 Å². The summed E-state index contributed by atoms with van der Waals surface area (Å²) in [6, 6.07) is 11.2. The normalized spacial score (nSPS) is 13.1. The second-order valence-corrected chi connectivity index (χ2v) is 8.51. The highest BCUT2D eigenvalue weighted by Gasteiger charge is 2.23. The van der Waals surface area contributed by atoms with Crippen LogP contribution < -0.4 is 19.7 Å². The van der Waals surface area contributed by atoms with Gasteiger partial charge in [0.2, 0.25) is 5.91 Å². The van der Waals surface area contributed by atoms with Crippen molar-refractivity contribution in [3.05, 3.63) is 42.5 Å². The Hall–Kier alpha value is -3.07. The standard InChI is InChI=1S/C20H22N2O6S/c1-3-22(14-4-6-15(27-2)7-5-14)20(24)10-11-29(25,26)16-8-9-17-18(12-16)28-13-19(23)21-17/h4-9,12H,3,10-11,13H2,1-2H3,(H,21,23). The molecule has 0 aliphatic carbocycles. The maximum Gasteiger partial charge on any atom is 0.262 e. The zero-order valence-electron chi connectivity index (χ0n) is 16.2. The summed E-state index contributed by atoms with van der Waals surface area (Å²) in [5, 5.41) is 2.61. The Morgan fingerprint density at radius 3 is 2.59 bits per heavy atom. The van der Waals surface area contributed by atoms with Gasteiger partial charge >= 0.3 is 0 Å². The number of hydrogen-bond acceptors (Lipinski definition) is 6. The van der Waals surface area contributed by atoms with E-state index in [4.69, 9.17) is 9.47 Å². The SMILES string of the molecule is CCN(C(=O)CCS(=O)(=O)c1ccc2c(c1)OCC(=O)N2)c1ccc(OC)cc1. The third-order valence-electron chi connectivity index (χ3n) is 4.53. The van der Waals surface area contributed by atoms with Crippen molar-refractivity contribution >= 4 is 33.0 Å². The smallest absolute Gasteiger partial charge is 0.262 e. The van der Waals surface area contributed by atoms with Crippen LogP contribution in [0.5, 0.6) is 11.5 Å². The number of amides is 2. The molecule has 154 valence electrons. The van der Waals surface area contributed by atoms with Crippen LogP contribution >= 0.6 is 0 Å². The van der Waals surface area contributed by atoms with Crippen molar-refractivity contribution in [3.63, 3.8) is 0 Å². The number of hydrogen-bond donors (Lipinski definition) is 1. The quantitative estimate of drug-likeness (QED) is 0.740. The summed E-state index contributed by atoms with van der Waals surface area (Å²) in [6.45, 7) is 2.08. The minimum atomic E-state index is -3.70. The fourth-order valence-corrected chi connectivity index (χ4v) is 4.23. The number of carbonyl (C=O) groups is 2. The van der Waals surface area contributed by atoms with Gasteiger partial charge in [0.05, 0.1) is 23.4 Å². The summed E-state index contributed by atoms with van der Waals surface area (Å²) in [7, 11) is -2.14. The first-order chi connectivity index (χ1) is 13.8. The monoisotopic (exact) mass is 418 g/mol. The molecule has 0 bridgehead atoms. The molecule has 0 atom stereocenters. The lowest BCUT2D eigenvalue weighted by Gasteiger charge is -2.21. The number of anilines is 2. The highest BCUT2D eigenvalue weighted by Crippen LogP contribution is 2.30. The van der Waals surface area contributed by atoms with Gasteiger partial charge in [0.1, 0.15) is 11.5 Å². The number of rotatable bonds is 7. The van der Waals surface area contributed by atoms with Gasteiger partial charge in [-0.25, -0.2) is 8.42 Å². The summed E-state index contributed by atoms with van der Waals surface area (Å²) in [4.78, 5) is 25.5. The van der Waals surface area contributed by atoms with Gasteiger partial charge in [0.15, 0.2) is 16.4 Å². The van der Waals surface area contributed by atoms with Crippen LogP contribution in [0, 0.1) is 0 Å². The lowest BCUT2D eigenvalue weighted by atomic mass is 10.2. The summed E-state index contributed by atoms with van der Waals surface area (Å²) in [5.74, 6) is 0.0552. The second-order valence-electron chi connectivity index (χ2n) is 6.40. The summed E-state index contributed by atoms with van der Waals surface area (Å²) < 4.78 is 35.8. The van der Waals surface area contributed by atoms with Crippen LogP contribution in [0.2, 0.25) is 0 Å². The number of nitrogens with zero attached hydrogens (tertiary/aromatic N) is 1. The molecule has 0 spiro atoms. The molecule has 0 saturated heterocycles. The van der Waals surface area contributed by atoms with Crippen molar-refractivity contribution in [2.24, 2.45) is 0 Å². The molecule has 1 heterocycles. The van der Waals surface area contributed by atoms with Gasteiger partial charge in [-0.1, -0.05) is 0 Å². The molecule has 2 aromatic rings. The van der Waals surface area contributed by atoms with E-state index in [0.717, 1.165) is 0 Å². The average molecular weight is 418 g/mol. The maximum absolute atomic E-state index is 12.7. The third kappa shape index (κ3) is 4.68. The highest BCUT2D eigenvalue weighted by molar-refractivity contribution is 7.91. The zero-order valence-corrected chi connectivity index (χ0v) is 17.0. The first kappa shape index (κ1) is 20.7. The first-order valence-electron chi connectivity index (χ1n) is 9.08. The first-order valence-corrected chi connectivity index (χ1v) is 10.7. The molecule has 2 aromatic carbocycles. The molecule has 1 aliphatic rings. The molecule has 3 rings (SSSR count). The molecule has 9 heteroatoms. The molecular formula is C20H22N2O6S. The van der Waals surface area contributed by atoms with Crippen LogP contribution in [0.3, 0.4) is 0 Å². The van der Waals surface area contributed by atoms with E-state index in [1.165, 1.54) is 23.1 Å². The molecule has 0 saturated carbocycles. The van der Waals surface area contributed by atoms with E-state index in [9.17, 15) is 18.0 Å². The van der Waals surface area contributed by atoms with Crippen molar-refractivity contribution < 1.29 is 27.5 Å². The van der Waals surface area contributed by atoms with Gasteiger partial charge < -0.3 is 19.7 Å². The highest BCUT2D eigenvalue weighted by atomic mass is 32.2. The summed E-state index contributed by atoms with van der Waals surface area (Å²) >= 11 is 0. The van der Waals surface area contributed by atoms with Crippen molar-refractivity contribution in [1.82, 2.24) is 0 Å². The van der Waals surface area contributed by atoms with Crippen molar-refractivity contribution in [3.8, 4) is 11.5 Å². The molecule has 2 amide bonds. The van der Waals surface area contributed by atoms with E-state index in [0.29, 0.717) is 29.4 Å². The van der Waals surface area contributed by atoms with Crippen molar-refractivity contribution in [2.45, 2.75) is 18.2 Å². The Kier molecular flexibility index (Phi) is 6.07. The van der Waals surface area contributed by atoms with Crippen LogP contribution in [0.1, 0.15) is 13.3 Å². The topological polar surface area (TPSA) is 102 Å². The number of methoxy groups -OCH3 is 1. The number of ether oxygens (including phenoxy) is 2. The van der Waals surface area contributed by atoms with Crippen LogP contribution in [-0.2, 0) is 19.4 Å². The van der Waals surface area contributed by atoms with Gasteiger partial charge in [-0.2, -0.15) is 0 Å². The lowest BCUT2D eigenvalue weighted by Crippen LogP contribution is -2.32. The van der Waals surface area contributed by atoms with E-state index < -0.39 is 9.84 Å². The Morgan fingerprint density at radius 1 is 1.21 bits per heavy atom. The molecule has 1 N–H and O–H groups in total. The second kappa shape index (κ2) is 8.52. The number of sulfone groups is 1. The van der Waals surface area contributed by atoms with Gasteiger partial charge in [-0.3, -0.25) is 9.59 Å². The molecular weight excluding hydrogens is 396 g/mol. The average Bonchev–Trinajstić information content (AvgIpc) is 2.73. The largest absolute Gasteiger partial charge is 0.497 e. The Balaban J connectivity index is 1.70. The fraction of sp³-hybridized carbons (Fsp3) is 0.300. The molecule has 0 aromatic heterocycles. The van der Waals surface area contributed by atoms with Crippen molar-refractivity contribution in [1.29, 1.82) is 0 Å². The van der Waals surface area contributed by atoms with Gasteiger partial charge in [-0.15, -0.1) is 0 Å². The molecule has 29 heavy (non-hydrogen) atoms. The predicted octanol–water partition coefficient (Wildman–Crippen LogP) is 2.24. The maximum atomic E-state index is 12.7. The Labute approximate surface area is 169 Å². The predicted molar refractivity (Wildman–Crippen MR) is 108 cm³/mol. The zero-order chi connectivity index (χ0) is 21.0. The molecule has 1 aliphatic heterocycles. The van der Waals surface area contributed by atoms with E-state index in [1.54, 1.807) is 31.4 Å². The number of fused-ring (bicyclic) bond motifs is 1. The minimum Gasteiger partial charge on any atom is -0.497 e. The molecule has 0 unspecified atom stereocenters. The Bertz CT molecular complexity index is 1020. The molecule has 8 nitrogen and oxygen atoms in total. The van der Waals surface area contributed by atoms with Gasteiger partial charge in [0, 0.05) is 24.7 Å². The van der Waals surface area contributed by atoms with Crippen molar-refractivity contribution in [2.75, 3.05) is 36.2 Å². The minimum absolute atomic E-state index is 0.0488. The number of carbonyl (C=O) groups excluding carboxylic acids is 2. The van der Waals surface area contributed by atoms with E-state index in [1.807, 2.05) is 6.92 Å². The Morgan fingerprint density at radius 2 is 1.93 bits per heavy atom. The van der Waals surface area contributed by atoms with E-state index in [2.05, 4.69) is 5.32 Å². The summed E-state index contributed by atoms with van der Waals surface area (Å²) in [6.07, 6.45) is -0.156. The van der Waals surface area contributed by atoms with Gasteiger partial charge in [-0.05, 0) is 43.3 Å². The fourth-order valence-electron chi connectivity index (χ4n) is 2.99. The van der Waals surface area contributed by atoms with Gasteiger partial charge in [0.25, 0.3) is 5.91 Å². The van der Waals surface area contributed by atoms with E-state index >= 15 is 0 Å².